The molecule has 3 amide bonds. The molecule has 3 aromatic carbocycles. The molecular weight excluding hydrogens is 584 g/mol. The Hall–Kier alpha value is -5.65. The summed E-state index contributed by atoms with van der Waals surface area (Å²) in [5, 5.41) is 14.9. The molecular formula is C33H29F2N5O5. The largest absolute Gasteiger partial charge is 0.481 e. The number of carboxylic acid groups (broad SMARTS) is 1. The maximum Gasteiger partial charge on any atom is 0.305 e. The van der Waals surface area contributed by atoms with E-state index in [9.17, 15) is 33.1 Å². The monoisotopic (exact) mass is 613 g/mol. The van der Waals surface area contributed by atoms with Crippen molar-refractivity contribution in [1.82, 2.24) is 15.2 Å². The summed E-state index contributed by atoms with van der Waals surface area (Å²) in [7, 11) is 0. The third-order valence-corrected chi connectivity index (χ3v) is 7.39. The molecule has 0 aliphatic carbocycles. The van der Waals surface area contributed by atoms with E-state index in [1.165, 1.54) is 48.7 Å². The second kappa shape index (κ2) is 13.8. The number of benzene rings is 3. The van der Waals surface area contributed by atoms with Gasteiger partial charge in [0.25, 0.3) is 17.7 Å². The lowest BCUT2D eigenvalue weighted by Crippen LogP contribution is -2.49. The highest BCUT2D eigenvalue weighted by Gasteiger charge is 2.26. The van der Waals surface area contributed by atoms with Crippen LogP contribution in [0.5, 0.6) is 0 Å². The minimum Gasteiger partial charge on any atom is -0.481 e. The summed E-state index contributed by atoms with van der Waals surface area (Å²) in [5.41, 5.74) is 2.11. The normalized spacial score (nSPS) is 13.6. The summed E-state index contributed by atoms with van der Waals surface area (Å²) >= 11 is 0. The fourth-order valence-corrected chi connectivity index (χ4v) is 5.03. The molecule has 45 heavy (non-hydrogen) atoms. The number of halogens is 2. The molecule has 1 aliphatic heterocycles. The Morgan fingerprint density at radius 3 is 2.07 bits per heavy atom. The predicted octanol–water partition coefficient (Wildman–Crippen LogP) is 4.52. The molecule has 2 heterocycles. The van der Waals surface area contributed by atoms with Gasteiger partial charge in [-0.1, -0.05) is 12.1 Å². The van der Waals surface area contributed by atoms with Crippen LogP contribution in [-0.4, -0.2) is 64.9 Å². The molecule has 0 bridgehead atoms. The van der Waals surface area contributed by atoms with Crippen LogP contribution < -0.4 is 15.5 Å². The highest BCUT2D eigenvalue weighted by Crippen LogP contribution is 2.30. The van der Waals surface area contributed by atoms with Gasteiger partial charge in [-0.2, -0.15) is 0 Å². The van der Waals surface area contributed by atoms with E-state index in [-0.39, 0.29) is 17.0 Å². The second-order valence-corrected chi connectivity index (χ2v) is 10.4. The number of carboxylic acids is 1. The summed E-state index contributed by atoms with van der Waals surface area (Å²) < 4.78 is 27.0. The van der Waals surface area contributed by atoms with Crippen LogP contribution in [-0.2, 0) is 4.79 Å². The van der Waals surface area contributed by atoms with Gasteiger partial charge in [0.05, 0.1) is 29.4 Å². The van der Waals surface area contributed by atoms with E-state index in [4.69, 9.17) is 0 Å². The van der Waals surface area contributed by atoms with Crippen molar-refractivity contribution in [1.29, 1.82) is 0 Å². The first-order chi connectivity index (χ1) is 21.7. The maximum atomic E-state index is 13.5. The van der Waals surface area contributed by atoms with Gasteiger partial charge in [-0.05, 0) is 72.3 Å². The molecule has 1 aliphatic rings. The van der Waals surface area contributed by atoms with Gasteiger partial charge in [-0.15, -0.1) is 0 Å². The first kappa shape index (κ1) is 30.8. The molecule has 0 spiro atoms. The molecule has 12 heteroatoms. The van der Waals surface area contributed by atoms with Gasteiger partial charge in [-0.25, -0.2) is 8.78 Å². The third kappa shape index (κ3) is 7.66. The van der Waals surface area contributed by atoms with E-state index in [1.54, 1.807) is 35.4 Å². The van der Waals surface area contributed by atoms with Crippen molar-refractivity contribution in [2.24, 2.45) is 0 Å². The Morgan fingerprint density at radius 2 is 1.44 bits per heavy atom. The van der Waals surface area contributed by atoms with Crippen molar-refractivity contribution >= 4 is 35.1 Å². The maximum absolute atomic E-state index is 13.5. The van der Waals surface area contributed by atoms with Crippen LogP contribution in [0.4, 0.5) is 20.2 Å². The lowest BCUT2D eigenvalue weighted by Gasteiger charge is -2.37. The minimum atomic E-state index is -1.16. The summed E-state index contributed by atoms with van der Waals surface area (Å²) in [6, 6.07) is 17.3. The number of piperazine rings is 1. The van der Waals surface area contributed by atoms with Crippen LogP contribution in [0.15, 0.2) is 91.3 Å². The van der Waals surface area contributed by atoms with E-state index in [0.717, 1.165) is 12.1 Å². The zero-order valence-electron chi connectivity index (χ0n) is 24.0. The van der Waals surface area contributed by atoms with E-state index in [1.807, 2.05) is 4.90 Å². The van der Waals surface area contributed by atoms with Gasteiger partial charge in [-0.3, -0.25) is 24.2 Å². The molecule has 1 aromatic heterocycles. The molecule has 1 fully saturated rings. The minimum absolute atomic E-state index is 0.135. The number of hydrogen-bond acceptors (Lipinski definition) is 6. The number of hydrogen-bond donors (Lipinski definition) is 3. The quantitative estimate of drug-likeness (QED) is 0.253. The Balaban J connectivity index is 1.39. The molecule has 0 radical (unpaired) electrons. The first-order valence-electron chi connectivity index (χ1n) is 14.1. The summed E-state index contributed by atoms with van der Waals surface area (Å²) in [6.45, 7) is 1.66. The number of rotatable bonds is 9. The zero-order valence-corrected chi connectivity index (χ0v) is 24.0. The first-order valence-corrected chi connectivity index (χ1v) is 14.1. The number of aliphatic carboxylic acids is 1. The second-order valence-electron chi connectivity index (χ2n) is 10.4. The fraction of sp³-hybridized carbons (Fsp3) is 0.182. The van der Waals surface area contributed by atoms with Crippen LogP contribution in [0, 0.1) is 11.6 Å². The highest BCUT2D eigenvalue weighted by atomic mass is 19.1. The van der Waals surface area contributed by atoms with E-state index < -0.39 is 41.9 Å². The van der Waals surface area contributed by atoms with Gasteiger partial charge < -0.3 is 25.5 Å². The van der Waals surface area contributed by atoms with Crippen LogP contribution in [0.25, 0.3) is 0 Å². The zero-order chi connectivity index (χ0) is 31.9. The topological polar surface area (TPSA) is 132 Å². The Labute approximate surface area is 257 Å². The van der Waals surface area contributed by atoms with Gasteiger partial charge >= 0.3 is 5.97 Å². The number of carbonyl (C=O) groups excluding carboxylic acids is 3. The number of aromatic nitrogens is 1. The van der Waals surface area contributed by atoms with Crippen molar-refractivity contribution in [2.45, 2.75) is 12.5 Å². The van der Waals surface area contributed by atoms with E-state index in [2.05, 4.69) is 15.6 Å². The summed E-state index contributed by atoms with van der Waals surface area (Å²) in [5.74, 6) is -3.44. The lowest BCUT2D eigenvalue weighted by atomic mass is 10.0. The number of carbonyl (C=O) groups is 4. The molecule has 1 atom stereocenters. The molecule has 3 N–H and O–H groups in total. The number of pyridine rings is 1. The van der Waals surface area contributed by atoms with Crippen LogP contribution >= 0.6 is 0 Å². The molecule has 10 nitrogen and oxygen atoms in total. The summed E-state index contributed by atoms with van der Waals surface area (Å²) in [6.07, 6.45) is 2.67. The molecule has 0 saturated carbocycles. The smallest absolute Gasteiger partial charge is 0.305 e. The van der Waals surface area contributed by atoms with E-state index in [0.29, 0.717) is 48.7 Å². The molecule has 1 unspecified atom stereocenters. The molecule has 5 rings (SSSR count). The average Bonchev–Trinajstić information content (AvgIpc) is 3.05. The highest BCUT2D eigenvalue weighted by molar-refractivity contribution is 6.07. The number of anilines is 2. The van der Waals surface area contributed by atoms with Crippen molar-refractivity contribution in [3.63, 3.8) is 0 Å². The van der Waals surface area contributed by atoms with E-state index >= 15 is 0 Å². The van der Waals surface area contributed by atoms with Crippen LogP contribution in [0.1, 0.15) is 49.1 Å². The third-order valence-electron chi connectivity index (χ3n) is 7.39. The number of nitrogens with zero attached hydrogens (tertiary/aromatic N) is 3. The average molecular weight is 614 g/mol. The summed E-state index contributed by atoms with van der Waals surface area (Å²) in [4.78, 5) is 58.7. The Bertz CT molecular complexity index is 1690. The van der Waals surface area contributed by atoms with Crippen LogP contribution in [0.3, 0.4) is 0 Å². The SMILES string of the molecule is O=C(O)CC(NC(=O)c1ccc(N2CCN(C(=O)c3cccnc3)CC2)c(NC(=O)c2ccc(F)cc2)c1)c1ccc(F)cc1. The van der Waals surface area contributed by atoms with Crippen molar-refractivity contribution in [3.8, 4) is 0 Å². The Kier molecular flexibility index (Phi) is 9.42. The predicted molar refractivity (Wildman–Crippen MR) is 162 cm³/mol. The van der Waals surface area contributed by atoms with Gasteiger partial charge in [0, 0.05) is 49.7 Å². The standard InChI is InChI=1S/C33H29F2N5O5/c34-25-8-3-21(4-9-25)27(19-30(41)42)37-32(44)23-7-12-29(28(18-23)38-31(43)22-5-10-26(35)11-6-22)39-14-16-40(17-15-39)33(45)24-2-1-13-36-20-24/h1-13,18,20,27H,14-17,19H2,(H,37,44)(H,38,43)(H,41,42). The van der Waals surface area contributed by atoms with Crippen molar-refractivity contribution < 1.29 is 33.1 Å². The number of amides is 3. The van der Waals surface area contributed by atoms with Crippen LogP contribution in [0.2, 0.25) is 0 Å². The van der Waals surface area contributed by atoms with Gasteiger partial charge in [0.15, 0.2) is 0 Å². The lowest BCUT2D eigenvalue weighted by molar-refractivity contribution is -0.137. The van der Waals surface area contributed by atoms with Crippen molar-refractivity contribution in [2.75, 3.05) is 36.4 Å². The Morgan fingerprint density at radius 1 is 0.800 bits per heavy atom. The fourth-order valence-electron chi connectivity index (χ4n) is 5.03. The van der Waals surface area contributed by atoms with Crippen molar-refractivity contribution in [3.05, 3.63) is 125 Å². The molecule has 4 aromatic rings. The number of nitrogens with one attached hydrogen (secondary N) is 2. The van der Waals surface area contributed by atoms with Gasteiger partial charge in [0.2, 0.25) is 0 Å². The molecule has 1 saturated heterocycles. The molecule has 230 valence electrons. The van der Waals surface area contributed by atoms with Gasteiger partial charge in [0.1, 0.15) is 11.6 Å².